The van der Waals surface area contributed by atoms with E-state index in [1.54, 1.807) is 25.3 Å². The van der Waals surface area contributed by atoms with E-state index in [0.717, 1.165) is 30.0 Å². The Morgan fingerprint density at radius 3 is 2.68 bits per heavy atom. The number of rotatable bonds is 9. The Balaban J connectivity index is 1.81. The number of aromatic nitrogens is 1. The minimum atomic E-state index is -0.717. The summed E-state index contributed by atoms with van der Waals surface area (Å²) in [6, 6.07) is 20.0. The summed E-state index contributed by atoms with van der Waals surface area (Å²) >= 11 is 1.08. The van der Waals surface area contributed by atoms with Crippen molar-refractivity contribution in [1.82, 2.24) is 9.88 Å². The summed E-state index contributed by atoms with van der Waals surface area (Å²) in [5.74, 6) is -0.717. The van der Waals surface area contributed by atoms with Crippen LogP contribution in [0.4, 0.5) is 11.4 Å². The predicted octanol–water partition coefficient (Wildman–Crippen LogP) is 2.39. The lowest BCUT2D eigenvalue weighted by molar-refractivity contribution is -0.116. The van der Waals surface area contributed by atoms with Crippen molar-refractivity contribution in [3.05, 3.63) is 91.0 Å². The van der Waals surface area contributed by atoms with E-state index in [-0.39, 0.29) is 17.7 Å². The number of benzene rings is 2. The van der Waals surface area contributed by atoms with E-state index in [2.05, 4.69) is 77.4 Å². The molecule has 0 fully saturated rings. The van der Waals surface area contributed by atoms with Gasteiger partial charge in [0.25, 0.3) is 11.5 Å². The number of aryl methyl sites for hydroxylation is 1. The van der Waals surface area contributed by atoms with E-state index >= 15 is 0 Å². The number of nitriles is 2. The van der Waals surface area contributed by atoms with Gasteiger partial charge in [0.05, 0.1) is 6.07 Å². The van der Waals surface area contributed by atoms with Gasteiger partial charge in [0, 0.05) is 37.7 Å². The maximum atomic E-state index is 12.8. The van der Waals surface area contributed by atoms with E-state index < -0.39 is 5.91 Å². The first kappa shape index (κ1) is 27.8. The topological polar surface area (TPSA) is 114 Å². The third-order valence-electron chi connectivity index (χ3n) is 5.65. The highest BCUT2D eigenvalue weighted by molar-refractivity contribution is 7.07. The Morgan fingerprint density at radius 2 is 1.97 bits per heavy atom. The standard InChI is InChI=1S/C29H28N6O2S/c1-4-35-27(19-23(20-31)28(36)33-15-13-30)38-26(29(35)37)11-14-32-24-9-6-8-22(18-24)12-16-34(3)25-10-5-7-21(2)17-25/h5-10,14,17-18,32H,4,12,15-16H2,1-3H3,(H,33,36). The smallest absolute Gasteiger partial charge is 0.277 e. The molecule has 1 amide bonds. The fourth-order valence-electron chi connectivity index (χ4n) is 3.63. The molecule has 0 saturated heterocycles. The number of likely N-dealkylation sites (N-methyl/N-ethyl adjacent to an activating group) is 1. The normalized spacial score (nSPS) is 9.82. The van der Waals surface area contributed by atoms with Crippen LogP contribution in [0, 0.1) is 29.6 Å². The molecule has 0 saturated carbocycles. The van der Waals surface area contributed by atoms with Gasteiger partial charge in [-0.1, -0.05) is 47.1 Å². The third-order valence-corrected chi connectivity index (χ3v) is 6.66. The summed E-state index contributed by atoms with van der Waals surface area (Å²) in [6.45, 7) is 4.85. The van der Waals surface area contributed by atoms with Crippen molar-refractivity contribution < 1.29 is 4.79 Å². The van der Waals surface area contributed by atoms with E-state index in [4.69, 9.17) is 5.26 Å². The summed E-state index contributed by atoms with van der Waals surface area (Å²) in [5, 5.41) is 23.4. The van der Waals surface area contributed by atoms with E-state index in [1.165, 1.54) is 21.4 Å². The monoisotopic (exact) mass is 524 g/mol. The van der Waals surface area contributed by atoms with Crippen molar-refractivity contribution in [1.29, 1.82) is 10.5 Å². The predicted molar refractivity (Wildman–Crippen MR) is 151 cm³/mol. The molecule has 1 heterocycles. The largest absolute Gasteiger partial charge is 0.374 e. The van der Waals surface area contributed by atoms with Gasteiger partial charge >= 0.3 is 0 Å². The first-order chi connectivity index (χ1) is 18.4. The Bertz CT molecular complexity index is 1660. The van der Waals surface area contributed by atoms with Gasteiger partial charge in [0.2, 0.25) is 0 Å². The van der Waals surface area contributed by atoms with Gasteiger partial charge in [-0.3, -0.25) is 14.2 Å². The number of amides is 1. The highest BCUT2D eigenvalue weighted by atomic mass is 32.1. The van der Waals surface area contributed by atoms with Crippen molar-refractivity contribution in [3.8, 4) is 12.1 Å². The van der Waals surface area contributed by atoms with E-state index in [1.807, 2.05) is 12.1 Å². The van der Waals surface area contributed by atoms with Crippen LogP contribution in [0.5, 0.6) is 0 Å². The van der Waals surface area contributed by atoms with Gasteiger partial charge in [-0.2, -0.15) is 10.5 Å². The van der Waals surface area contributed by atoms with Gasteiger partial charge < -0.3 is 15.5 Å². The summed E-state index contributed by atoms with van der Waals surface area (Å²) in [5.41, 5.74) is 9.54. The highest BCUT2D eigenvalue weighted by Gasteiger charge is 2.09. The second-order valence-electron chi connectivity index (χ2n) is 8.38. The number of carbonyl (C=O) groups is 1. The van der Waals surface area contributed by atoms with Gasteiger partial charge in [-0.15, -0.1) is 0 Å². The lowest BCUT2D eigenvalue weighted by Crippen LogP contribution is -2.30. The van der Waals surface area contributed by atoms with Gasteiger partial charge in [-0.25, -0.2) is 0 Å². The molecule has 2 aromatic carbocycles. The molecule has 0 atom stereocenters. The van der Waals surface area contributed by atoms with Crippen LogP contribution in [0.15, 0.2) is 65.1 Å². The maximum absolute atomic E-state index is 12.8. The van der Waals surface area contributed by atoms with Crippen molar-refractivity contribution in [2.45, 2.75) is 26.8 Å². The molecule has 2 N–H and O–H groups in total. The molecule has 3 aromatic rings. The Hall–Kier alpha value is -4.78. The van der Waals surface area contributed by atoms with Gasteiger partial charge in [0.15, 0.2) is 5.57 Å². The molecule has 38 heavy (non-hydrogen) atoms. The molecule has 0 bridgehead atoms. The molecule has 0 aliphatic carbocycles. The summed E-state index contributed by atoms with van der Waals surface area (Å²) in [7, 11) is 2.08. The summed E-state index contributed by atoms with van der Waals surface area (Å²) < 4.78 is 2.06. The fraction of sp³-hybridized carbons (Fsp3) is 0.241. The molecule has 1 aromatic heterocycles. The molecule has 3 rings (SSSR count). The van der Waals surface area contributed by atoms with Crippen LogP contribution >= 0.6 is 11.3 Å². The molecular weight excluding hydrogens is 496 g/mol. The Kier molecular flexibility index (Phi) is 9.88. The summed E-state index contributed by atoms with van der Waals surface area (Å²) in [6.07, 6.45) is 2.44. The SMILES string of the molecule is CCn1c(=C=C(C#N)C(=O)NCC#N)sc(=C=CNc2cccc(CCN(C)c3cccc(C)c3)c2)c1=O. The van der Waals surface area contributed by atoms with Crippen LogP contribution in [0.3, 0.4) is 0 Å². The number of nitrogens with zero attached hydrogens (tertiary/aromatic N) is 4. The molecule has 0 aliphatic heterocycles. The van der Waals surface area contributed by atoms with Crippen molar-refractivity contribution in [2.75, 3.05) is 30.4 Å². The zero-order valence-electron chi connectivity index (χ0n) is 21.5. The molecular formula is C29H28N6O2S. The average Bonchev–Trinajstić information content (AvgIpc) is 3.22. The number of nitrogens with one attached hydrogen (secondary N) is 2. The number of thiazole rings is 1. The zero-order valence-corrected chi connectivity index (χ0v) is 22.4. The molecule has 0 unspecified atom stereocenters. The average molecular weight is 525 g/mol. The quantitative estimate of drug-likeness (QED) is 0.252. The second kappa shape index (κ2) is 13.5. The second-order valence-corrected chi connectivity index (χ2v) is 9.38. The number of carbonyl (C=O) groups excluding carboxylic acids is 1. The van der Waals surface area contributed by atoms with Crippen molar-refractivity contribution in [2.24, 2.45) is 0 Å². The van der Waals surface area contributed by atoms with Crippen LogP contribution in [0.25, 0.3) is 11.5 Å². The van der Waals surface area contributed by atoms with Crippen LogP contribution in [-0.4, -0.2) is 30.6 Å². The van der Waals surface area contributed by atoms with Crippen LogP contribution < -0.4 is 30.3 Å². The lowest BCUT2D eigenvalue weighted by atomic mass is 10.1. The molecule has 9 heteroatoms. The molecule has 192 valence electrons. The maximum Gasteiger partial charge on any atom is 0.277 e. The minimum absolute atomic E-state index is 0.227. The Morgan fingerprint density at radius 1 is 1.18 bits per heavy atom. The molecule has 0 radical (unpaired) electrons. The van der Waals surface area contributed by atoms with Crippen molar-refractivity contribution in [3.63, 3.8) is 0 Å². The first-order valence-electron chi connectivity index (χ1n) is 12.0. The van der Waals surface area contributed by atoms with E-state index in [9.17, 15) is 14.9 Å². The van der Waals surface area contributed by atoms with E-state index in [0.29, 0.717) is 15.7 Å². The Labute approximate surface area is 225 Å². The zero-order chi connectivity index (χ0) is 27.5. The van der Waals surface area contributed by atoms with Crippen LogP contribution in [-0.2, 0) is 17.8 Å². The van der Waals surface area contributed by atoms with Crippen LogP contribution in [0.2, 0.25) is 0 Å². The van der Waals surface area contributed by atoms with Crippen LogP contribution in [0.1, 0.15) is 18.1 Å². The van der Waals surface area contributed by atoms with Gasteiger partial charge in [-0.05, 0) is 55.7 Å². The van der Waals surface area contributed by atoms with Crippen molar-refractivity contribution >= 4 is 40.1 Å². The molecule has 0 spiro atoms. The molecule has 0 aliphatic rings. The summed E-state index contributed by atoms with van der Waals surface area (Å²) in [4.78, 5) is 27.1. The van der Waals surface area contributed by atoms with Gasteiger partial charge in [0.1, 0.15) is 21.8 Å². The fourth-order valence-corrected chi connectivity index (χ4v) is 4.61. The lowest BCUT2D eigenvalue weighted by Gasteiger charge is -2.20. The molecule has 8 nitrogen and oxygen atoms in total. The first-order valence-corrected chi connectivity index (χ1v) is 12.8. The number of hydrogen-bond acceptors (Lipinski definition) is 7. The number of anilines is 2. The number of hydrogen-bond donors (Lipinski definition) is 2. The highest BCUT2D eigenvalue weighted by Crippen LogP contribution is 2.16. The third kappa shape index (κ3) is 7.36. The minimum Gasteiger partial charge on any atom is -0.374 e.